The van der Waals surface area contributed by atoms with Crippen molar-refractivity contribution in [2.75, 3.05) is 13.2 Å². The zero-order valence-electron chi connectivity index (χ0n) is 7.81. The molecule has 0 aliphatic rings. The molecule has 0 saturated carbocycles. The van der Waals surface area contributed by atoms with Crippen LogP contribution in [0.3, 0.4) is 0 Å². The molecule has 0 aromatic rings. The molecule has 0 radical (unpaired) electrons. The normalized spacial score (nSPS) is 12.9. The Labute approximate surface area is 79.2 Å². The Morgan fingerprint density at radius 1 is 1.50 bits per heavy atom. The number of carbonyl (C=O) groups excluding carboxylic acids is 1. The molecule has 1 atom stereocenters. The Bertz CT molecular complexity index is 124. The minimum absolute atomic E-state index is 0.133. The lowest BCUT2D eigenvalue weighted by Crippen LogP contribution is -2.09. The Morgan fingerprint density at radius 2 is 2.17 bits per heavy atom. The molecule has 0 spiro atoms. The van der Waals surface area contributed by atoms with Crippen LogP contribution in [0.2, 0.25) is 0 Å². The van der Waals surface area contributed by atoms with Gasteiger partial charge >= 0.3 is 0 Å². The highest BCUT2D eigenvalue weighted by Gasteiger charge is 2.07. The van der Waals surface area contributed by atoms with Crippen LogP contribution in [0.5, 0.6) is 0 Å². The van der Waals surface area contributed by atoms with E-state index in [-0.39, 0.29) is 11.2 Å². The lowest BCUT2D eigenvalue weighted by molar-refractivity contribution is -0.118. The number of carbonyl (C=O) groups is 1. The number of ketones is 1. The molecule has 0 N–H and O–H groups in total. The van der Waals surface area contributed by atoms with Crippen LogP contribution < -0.4 is 0 Å². The van der Waals surface area contributed by atoms with Gasteiger partial charge < -0.3 is 4.74 Å². The fourth-order valence-corrected chi connectivity index (χ4v) is 0.956. The molecule has 0 aromatic carbocycles. The second-order valence-corrected chi connectivity index (χ2v) is 3.39. The summed E-state index contributed by atoms with van der Waals surface area (Å²) in [6.45, 7) is 5.18. The lowest BCUT2D eigenvalue weighted by Gasteiger charge is -2.02. The van der Waals surface area contributed by atoms with Crippen LogP contribution in [0.25, 0.3) is 0 Å². The van der Waals surface area contributed by atoms with Gasteiger partial charge in [0, 0.05) is 19.6 Å². The number of halogens is 1. The van der Waals surface area contributed by atoms with Gasteiger partial charge in [0.05, 0.1) is 5.38 Å². The average molecular weight is 193 g/mol. The zero-order valence-corrected chi connectivity index (χ0v) is 8.56. The van der Waals surface area contributed by atoms with Crippen LogP contribution in [-0.4, -0.2) is 24.4 Å². The maximum atomic E-state index is 11.0. The van der Waals surface area contributed by atoms with E-state index >= 15 is 0 Å². The molecule has 3 heteroatoms. The van der Waals surface area contributed by atoms with Crippen LogP contribution in [0.4, 0.5) is 0 Å². The Hall–Kier alpha value is -0.0800. The largest absolute Gasteiger partial charge is 0.382 e. The maximum Gasteiger partial charge on any atom is 0.150 e. The smallest absolute Gasteiger partial charge is 0.150 e. The van der Waals surface area contributed by atoms with Crippen LogP contribution in [0, 0.1) is 0 Å². The van der Waals surface area contributed by atoms with Gasteiger partial charge in [-0.15, -0.1) is 11.6 Å². The summed E-state index contributed by atoms with van der Waals surface area (Å²) in [5.74, 6) is 0.133. The van der Waals surface area contributed by atoms with E-state index in [1.54, 1.807) is 6.92 Å². The molecule has 0 rings (SSSR count). The highest BCUT2D eigenvalue weighted by atomic mass is 35.5. The van der Waals surface area contributed by atoms with Crippen molar-refractivity contribution in [1.29, 1.82) is 0 Å². The van der Waals surface area contributed by atoms with Gasteiger partial charge in [0.2, 0.25) is 0 Å². The fourth-order valence-electron chi connectivity index (χ4n) is 0.847. The van der Waals surface area contributed by atoms with E-state index in [1.807, 2.05) is 6.92 Å². The number of alkyl halides is 1. The van der Waals surface area contributed by atoms with E-state index in [4.69, 9.17) is 16.3 Å². The van der Waals surface area contributed by atoms with Crippen LogP contribution >= 0.6 is 11.6 Å². The first kappa shape index (κ1) is 11.9. The van der Waals surface area contributed by atoms with Gasteiger partial charge in [0.25, 0.3) is 0 Å². The number of hydrogen-bond acceptors (Lipinski definition) is 2. The van der Waals surface area contributed by atoms with Gasteiger partial charge in [-0.1, -0.05) is 0 Å². The first-order chi connectivity index (χ1) is 5.68. The van der Waals surface area contributed by atoms with E-state index in [0.717, 1.165) is 26.1 Å². The van der Waals surface area contributed by atoms with Crippen molar-refractivity contribution < 1.29 is 9.53 Å². The standard InChI is InChI=1S/C9H17ClO2/c1-3-12-7-5-4-6-9(11)8(2)10/h8H,3-7H2,1-2H3. The molecule has 0 aliphatic carbocycles. The van der Waals surface area contributed by atoms with Crippen LogP contribution in [0.15, 0.2) is 0 Å². The maximum absolute atomic E-state index is 11.0. The van der Waals surface area contributed by atoms with Gasteiger partial charge in [0.15, 0.2) is 0 Å². The number of rotatable bonds is 7. The molecular weight excluding hydrogens is 176 g/mol. The molecule has 0 bridgehead atoms. The summed E-state index contributed by atoms with van der Waals surface area (Å²) >= 11 is 5.59. The van der Waals surface area contributed by atoms with Gasteiger partial charge in [-0.2, -0.15) is 0 Å². The molecular formula is C9H17ClO2. The monoisotopic (exact) mass is 192 g/mol. The highest BCUT2D eigenvalue weighted by molar-refractivity contribution is 6.30. The summed E-state index contributed by atoms with van der Waals surface area (Å²) < 4.78 is 5.13. The number of unbranched alkanes of at least 4 members (excludes halogenated alkanes) is 1. The first-order valence-corrected chi connectivity index (χ1v) is 4.86. The molecule has 0 aliphatic heterocycles. The van der Waals surface area contributed by atoms with E-state index in [2.05, 4.69) is 0 Å². The quantitative estimate of drug-likeness (QED) is 0.458. The summed E-state index contributed by atoms with van der Waals surface area (Å²) in [5, 5.41) is -0.336. The van der Waals surface area contributed by atoms with Gasteiger partial charge in [0.1, 0.15) is 5.78 Å². The minimum atomic E-state index is -0.336. The average Bonchev–Trinajstić information content (AvgIpc) is 2.03. The molecule has 0 fully saturated rings. The summed E-state index contributed by atoms with van der Waals surface area (Å²) in [6, 6.07) is 0. The molecule has 72 valence electrons. The SMILES string of the molecule is CCOCCCCC(=O)C(C)Cl. The van der Waals surface area contributed by atoms with Gasteiger partial charge in [-0.3, -0.25) is 4.79 Å². The van der Waals surface area contributed by atoms with Crippen molar-refractivity contribution in [1.82, 2.24) is 0 Å². The predicted octanol–water partition coefficient (Wildman–Crippen LogP) is 2.39. The van der Waals surface area contributed by atoms with Crippen molar-refractivity contribution >= 4 is 17.4 Å². The Kier molecular flexibility index (Phi) is 7.51. The number of hydrogen-bond donors (Lipinski definition) is 0. The van der Waals surface area contributed by atoms with Crippen molar-refractivity contribution in [3.8, 4) is 0 Å². The molecule has 12 heavy (non-hydrogen) atoms. The second kappa shape index (κ2) is 7.56. The topological polar surface area (TPSA) is 26.3 Å². The van der Waals surface area contributed by atoms with Crippen LogP contribution in [-0.2, 0) is 9.53 Å². The summed E-state index contributed by atoms with van der Waals surface area (Å²) in [4.78, 5) is 11.0. The molecule has 0 amide bonds. The van der Waals surface area contributed by atoms with E-state index in [9.17, 15) is 4.79 Å². The van der Waals surface area contributed by atoms with E-state index < -0.39 is 0 Å². The molecule has 2 nitrogen and oxygen atoms in total. The van der Waals surface area contributed by atoms with Crippen molar-refractivity contribution in [2.45, 2.75) is 38.5 Å². The van der Waals surface area contributed by atoms with Crippen molar-refractivity contribution in [3.05, 3.63) is 0 Å². The summed E-state index contributed by atoms with van der Waals surface area (Å²) in [7, 11) is 0. The highest BCUT2D eigenvalue weighted by Crippen LogP contribution is 2.04. The first-order valence-electron chi connectivity index (χ1n) is 4.43. The third-order valence-corrected chi connectivity index (χ3v) is 1.85. The lowest BCUT2D eigenvalue weighted by atomic mass is 10.1. The summed E-state index contributed by atoms with van der Waals surface area (Å²) in [5.41, 5.74) is 0. The van der Waals surface area contributed by atoms with E-state index in [1.165, 1.54) is 0 Å². The second-order valence-electron chi connectivity index (χ2n) is 2.74. The van der Waals surface area contributed by atoms with Crippen molar-refractivity contribution in [2.24, 2.45) is 0 Å². The van der Waals surface area contributed by atoms with Gasteiger partial charge in [-0.05, 0) is 26.7 Å². The van der Waals surface area contributed by atoms with Crippen molar-refractivity contribution in [3.63, 3.8) is 0 Å². The predicted molar refractivity (Wildman–Crippen MR) is 50.7 cm³/mol. The molecule has 0 heterocycles. The number of ether oxygens (including phenoxy) is 1. The molecule has 0 aromatic heterocycles. The third-order valence-electron chi connectivity index (χ3n) is 1.61. The Balaban J connectivity index is 3.14. The van der Waals surface area contributed by atoms with Gasteiger partial charge in [-0.25, -0.2) is 0 Å². The van der Waals surface area contributed by atoms with Crippen LogP contribution in [0.1, 0.15) is 33.1 Å². The molecule has 1 unspecified atom stereocenters. The summed E-state index contributed by atoms with van der Waals surface area (Å²) in [6.07, 6.45) is 2.41. The zero-order chi connectivity index (χ0) is 9.40. The fraction of sp³-hybridized carbons (Fsp3) is 0.889. The Morgan fingerprint density at radius 3 is 2.67 bits per heavy atom. The van der Waals surface area contributed by atoms with E-state index in [0.29, 0.717) is 6.42 Å². The third kappa shape index (κ3) is 6.62. The minimum Gasteiger partial charge on any atom is -0.382 e. The molecule has 0 saturated heterocycles. The number of Topliss-reactive ketones (excluding diaryl/α,β-unsaturated/α-hetero) is 1.